The van der Waals surface area contributed by atoms with Crippen LogP contribution in [0.1, 0.15) is 23.0 Å². The number of amides is 2. The van der Waals surface area contributed by atoms with Gasteiger partial charge in [-0.15, -0.1) is 0 Å². The minimum atomic E-state index is -0.635. The molecule has 2 amide bonds. The monoisotopic (exact) mass is 378 g/mol. The highest BCUT2D eigenvalue weighted by atomic mass is 16.5. The molecule has 0 bridgehead atoms. The van der Waals surface area contributed by atoms with Crippen molar-refractivity contribution < 1.29 is 14.8 Å². The molecule has 1 aromatic carbocycles. The molecule has 28 heavy (non-hydrogen) atoms. The molecule has 1 aliphatic rings. The fourth-order valence-corrected chi connectivity index (χ4v) is 2.97. The van der Waals surface area contributed by atoms with Crippen LogP contribution in [0, 0.1) is 0 Å². The Labute approximate surface area is 163 Å². The number of nitrogens with zero attached hydrogens (tertiary/aromatic N) is 2. The van der Waals surface area contributed by atoms with E-state index in [0.717, 1.165) is 12.1 Å². The first-order chi connectivity index (χ1) is 13.7. The smallest absolute Gasteiger partial charge is 0.267 e. The van der Waals surface area contributed by atoms with E-state index in [0.29, 0.717) is 24.5 Å². The third-order valence-electron chi connectivity index (χ3n) is 4.39. The highest BCUT2D eigenvalue weighted by Gasteiger charge is 2.22. The summed E-state index contributed by atoms with van der Waals surface area (Å²) in [5, 5.41) is 11.9. The molecule has 144 valence electrons. The van der Waals surface area contributed by atoms with Crippen LogP contribution in [0.15, 0.2) is 60.7 Å². The number of carbonyl (C=O) groups is 2. The lowest BCUT2D eigenvalue weighted by Crippen LogP contribution is -2.47. The highest BCUT2D eigenvalue weighted by molar-refractivity contribution is 5.92. The molecule has 2 aromatic rings. The van der Waals surface area contributed by atoms with E-state index in [-0.39, 0.29) is 11.9 Å². The molecular weight excluding hydrogens is 356 g/mol. The van der Waals surface area contributed by atoms with Crippen molar-refractivity contribution in [2.24, 2.45) is 0 Å². The van der Waals surface area contributed by atoms with Crippen LogP contribution in [-0.2, 0) is 9.59 Å². The molecular formula is C21H22N4O3. The van der Waals surface area contributed by atoms with E-state index in [2.05, 4.69) is 22.4 Å². The molecule has 1 aromatic heterocycles. The molecule has 3 rings (SSSR count). The van der Waals surface area contributed by atoms with Crippen molar-refractivity contribution in [1.29, 1.82) is 0 Å². The highest BCUT2D eigenvalue weighted by Crippen LogP contribution is 2.17. The normalized spacial score (nSPS) is 17.2. The van der Waals surface area contributed by atoms with Gasteiger partial charge in [0.1, 0.15) is 0 Å². The Morgan fingerprint density at radius 3 is 2.50 bits per heavy atom. The minimum Gasteiger partial charge on any atom is -0.336 e. The lowest BCUT2D eigenvalue weighted by molar-refractivity contribution is -0.127. The van der Waals surface area contributed by atoms with Crippen molar-refractivity contribution in [3.8, 4) is 0 Å². The zero-order chi connectivity index (χ0) is 19.8. The van der Waals surface area contributed by atoms with Crippen LogP contribution in [0.2, 0.25) is 0 Å². The van der Waals surface area contributed by atoms with Gasteiger partial charge < -0.3 is 10.2 Å². The quantitative estimate of drug-likeness (QED) is 0.419. The van der Waals surface area contributed by atoms with Crippen LogP contribution >= 0.6 is 0 Å². The summed E-state index contributed by atoms with van der Waals surface area (Å²) in [6, 6.07) is 15.5. The number of hydroxylamine groups is 1. The average molecular weight is 378 g/mol. The first kappa shape index (κ1) is 19.5. The minimum absolute atomic E-state index is 0.0650. The molecule has 7 nitrogen and oxygen atoms in total. The van der Waals surface area contributed by atoms with Crippen molar-refractivity contribution in [2.45, 2.75) is 6.04 Å². The standard InChI is InChI=1S/C21H22N4O3/c26-20(24-28)11-9-17-7-4-8-18(23-17)10-12-21(27)25-14-13-22-19(15-25)16-5-2-1-3-6-16/h1-12,19,22,28H,13-15H2,(H,24,26). The van der Waals surface area contributed by atoms with Crippen LogP contribution in [0.4, 0.5) is 0 Å². The SMILES string of the molecule is O=C(C=Cc1cccc(C=CC(=O)N2CCNC(c3ccccc3)C2)n1)NO. The summed E-state index contributed by atoms with van der Waals surface area (Å²) in [5.41, 5.74) is 3.83. The Morgan fingerprint density at radius 2 is 1.79 bits per heavy atom. The maximum Gasteiger partial charge on any atom is 0.267 e. The molecule has 7 heteroatoms. The van der Waals surface area contributed by atoms with Crippen molar-refractivity contribution in [1.82, 2.24) is 20.7 Å². The van der Waals surface area contributed by atoms with Crippen molar-refractivity contribution >= 4 is 24.0 Å². The van der Waals surface area contributed by atoms with Crippen LogP contribution in [0.3, 0.4) is 0 Å². The number of piperazine rings is 1. The molecule has 0 aliphatic carbocycles. The third-order valence-corrected chi connectivity index (χ3v) is 4.39. The van der Waals surface area contributed by atoms with Gasteiger partial charge >= 0.3 is 0 Å². The van der Waals surface area contributed by atoms with Gasteiger partial charge in [0, 0.05) is 37.8 Å². The predicted octanol–water partition coefficient (Wildman–Crippen LogP) is 1.79. The summed E-state index contributed by atoms with van der Waals surface area (Å²) in [7, 11) is 0. The summed E-state index contributed by atoms with van der Waals surface area (Å²) in [5.74, 6) is -0.700. The van der Waals surface area contributed by atoms with Gasteiger partial charge in [0.15, 0.2) is 0 Å². The molecule has 2 heterocycles. The molecule has 3 N–H and O–H groups in total. The van der Waals surface area contributed by atoms with Crippen LogP contribution in [-0.4, -0.2) is 46.5 Å². The van der Waals surface area contributed by atoms with E-state index in [9.17, 15) is 9.59 Å². The summed E-state index contributed by atoms with van der Waals surface area (Å²) < 4.78 is 0. The zero-order valence-electron chi connectivity index (χ0n) is 15.3. The number of aromatic nitrogens is 1. The Bertz CT molecular complexity index is 880. The lowest BCUT2D eigenvalue weighted by atomic mass is 10.0. The van der Waals surface area contributed by atoms with Crippen molar-refractivity contribution in [3.05, 3.63) is 77.6 Å². The Balaban J connectivity index is 1.63. The second kappa shape index (κ2) is 9.59. The number of hydrogen-bond acceptors (Lipinski definition) is 5. The van der Waals surface area contributed by atoms with Gasteiger partial charge in [0.05, 0.1) is 11.4 Å². The number of benzene rings is 1. The van der Waals surface area contributed by atoms with Crippen LogP contribution in [0.25, 0.3) is 12.2 Å². The van der Waals surface area contributed by atoms with Gasteiger partial charge in [-0.25, -0.2) is 10.5 Å². The van der Waals surface area contributed by atoms with E-state index in [1.54, 1.807) is 24.3 Å². The van der Waals surface area contributed by atoms with Gasteiger partial charge in [-0.2, -0.15) is 0 Å². The van der Waals surface area contributed by atoms with E-state index in [1.807, 2.05) is 23.1 Å². The molecule has 0 radical (unpaired) electrons. The zero-order valence-corrected chi connectivity index (χ0v) is 15.3. The van der Waals surface area contributed by atoms with Crippen LogP contribution < -0.4 is 10.8 Å². The maximum absolute atomic E-state index is 12.6. The van der Waals surface area contributed by atoms with E-state index in [4.69, 9.17) is 5.21 Å². The summed E-state index contributed by atoms with van der Waals surface area (Å²) in [6.45, 7) is 2.00. The fraction of sp³-hybridized carbons (Fsp3) is 0.190. The van der Waals surface area contributed by atoms with Gasteiger partial charge in [-0.3, -0.25) is 14.8 Å². The van der Waals surface area contributed by atoms with Crippen LogP contribution in [0.5, 0.6) is 0 Å². The van der Waals surface area contributed by atoms with Gasteiger partial charge in [0.2, 0.25) is 5.91 Å². The second-order valence-electron chi connectivity index (χ2n) is 6.33. The van der Waals surface area contributed by atoms with E-state index < -0.39 is 5.91 Å². The van der Waals surface area contributed by atoms with Gasteiger partial charge in [-0.1, -0.05) is 36.4 Å². The number of carbonyl (C=O) groups excluding carboxylic acids is 2. The first-order valence-corrected chi connectivity index (χ1v) is 9.00. The van der Waals surface area contributed by atoms with Gasteiger partial charge in [-0.05, 0) is 29.8 Å². The summed E-state index contributed by atoms with van der Waals surface area (Å²) >= 11 is 0. The number of hydrogen-bond donors (Lipinski definition) is 3. The molecule has 1 aliphatic heterocycles. The summed E-state index contributed by atoms with van der Waals surface area (Å²) in [6.07, 6.45) is 5.83. The molecule has 1 saturated heterocycles. The third kappa shape index (κ3) is 5.35. The molecule has 1 unspecified atom stereocenters. The molecule has 0 saturated carbocycles. The van der Waals surface area contributed by atoms with Crippen molar-refractivity contribution in [2.75, 3.05) is 19.6 Å². The molecule has 0 spiro atoms. The Kier molecular flexibility index (Phi) is 6.67. The van der Waals surface area contributed by atoms with Crippen molar-refractivity contribution in [3.63, 3.8) is 0 Å². The lowest BCUT2D eigenvalue weighted by Gasteiger charge is -2.33. The Morgan fingerprint density at radius 1 is 1.07 bits per heavy atom. The van der Waals surface area contributed by atoms with Gasteiger partial charge in [0.25, 0.3) is 5.91 Å². The molecule has 1 atom stereocenters. The van der Waals surface area contributed by atoms with E-state index >= 15 is 0 Å². The number of rotatable bonds is 5. The summed E-state index contributed by atoms with van der Waals surface area (Å²) in [4.78, 5) is 29.8. The number of nitrogens with one attached hydrogen (secondary N) is 2. The van der Waals surface area contributed by atoms with E-state index in [1.165, 1.54) is 23.7 Å². The Hall–Kier alpha value is -3.29. The average Bonchev–Trinajstić information content (AvgIpc) is 2.76. The fourth-order valence-electron chi connectivity index (χ4n) is 2.97. The largest absolute Gasteiger partial charge is 0.336 e. The first-order valence-electron chi connectivity index (χ1n) is 9.00. The molecule has 1 fully saturated rings. The second-order valence-corrected chi connectivity index (χ2v) is 6.33. The predicted molar refractivity (Wildman–Crippen MR) is 106 cm³/mol. The topological polar surface area (TPSA) is 94.6 Å². The number of pyridine rings is 1. The maximum atomic E-state index is 12.6.